The van der Waals surface area contributed by atoms with E-state index in [-0.39, 0.29) is 42.8 Å². The van der Waals surface area contributed by atoms with Crippen molar-refractivity contribution in [1.82, 2.24) is 31.6 Å². The van der Waals surface area contributed by atoms with E-state index in [2.05, 4.69) is 36.9 Å². The second-order valence-corrected chi connectivity index (χ2v) is 18.1. The van der Waals surface area contributed by atoms with E-state index in [1.807, 2.05) is 0 Å². The van der Waals surface area contributed by atoms with Crippen molar-refractivity contribution < 1.29 is 43.0 Å². The zero-order valence-electron chi connectivity index (χ0n) is 35.6. The number of fused-ring (bicyclic) bond motifs is 7. The van der Waals surface area contributed by atoms with Crippen LogP contribution in [0.25, 0.3) is 0 Å². The maximum atomic E-state index is 14.2. The summed E-state index contributed by atoms with van der Waals surface area (Å²) in [6, 6.07) is 11.9. The van der Waals surface area contributed by atoms with E-state index in [9.17, 15) is 33.6 Å². The van der Waals surface area contributed by atoms with Crippen molar-refractivity contribution in [2.45, 2.75) is 96.7 Å². The number of para-hydroxylation sites is 2. The molecule has 3 aromatic rings. The Morgan fingerprint density at radius 3 is 2.43 bits per heavy atom. The Balaban J connectivity index is 1.29. The van der Waals surface area contributed by atoms with Crippen LogP contribution < -0.4 is 37.6 Å². The topological polar surface area (TPSA) is 249 Å². The van der Waals surface area contributed by atoms with Gasteiger partial charge in [-0.2, -0.15) is 0 Å². The molecule has 63 heavy (non-hydrogen) atoms. The predicted octanol–water partition coefficient (Wildman–Crippen LogP) is 4.46. The quantitative estimate of drug-likeness (QED) is 0.0680. The Morgan fingerprint density at radius 2 is 1.70 bits per heavy atom. The summed E-state index contributed by atoms with van der Waals surface area (Å²) in [5.41, 5.74) is 8.91. The van der Waals surface area contributed by atoms with Crippen molar-refractivity contribution in [3.05, 3.63) is 101 Å². The Bertz CT molecular complexity index is 2170. The van der Waals surface area contributed by atoms with Gasteiger partial charge in [-0.1, -0.05) is 72.7 Å². The average molecular weight is 903 g/mol. The lowest BCUT2D eigenvalue weighted by atomic mass is 9.92. The number of nitrogens with zero attached hydrogens (tertiary/aromatic N) is 1. The minimum Gasteiger partial charge on any atom is -0.460 e. The number of ether oxygens (including phenoxy) is 2. The number of nitrogens with one attached hydrogen (secondary N) is 6. The lowest BCUT2D eigenvalue weighted by Crippen LogP contribution is -2.57. The highest BCUT2D eigenvalue weighted by molar-refractivity contribution is 8.76. The molecular weight excluding hydrogens is 849 g/mol. The number of nitrogen functional groups attached to an aromatic ring is 1. The van der Waals surface area contributed by atoms with Crippen LogP contribution in [0.3, 0.4) is 0 Å². The summed E-state index contributed by atoms with van der Waals surface area (Å²) in [6.07, 6.45) is 4.38. The van der Waals surface area contributed by atoms with Crippen LogP contribution in [0.1, 0.15) is 86.3 Å². The van der Waals surface area contributed by atoms with Gasteiger partial charge in [0, 0.05) is 47.5 Å². The summed E-state index contributed by atoms with van der Waals surface area (Å²) >= 11 is 0. The molecule has 0 spiro atoms. The molecule has 2 aliphatic heterocycles. The molecule has 0 saturated carbocycles. The number of carbonyl (C=O) groups is 7. The third-order valence-corrected chi connectivity index (χ3v) is 12.8. The smallest absolute Gasteiger partial charge is 0.407 e. The SMILES string of the molecule is CC=C1NC(=O)C2CSSCCCCC(CC(=O)NC(C(C)c3cncc(COC(=O)NCc4ccc(C(=O)Nc5ccccc5N)cc4)c3)C(=O)N2)OC(=O)C(C(C)C)NC1=O. The highest BCUT2D eigenvalue weighted by atomic mass is 33.1. The van der Waals surface area contributed by atoms with Gasteiger partial charge in [-0.15, -0.1) is 0 Å². The van der Waals surface area contributed by atoms with E-state index in [1.165, 1.54) is 40.1 Å². The number of benzene rings is 2. The highest BCUT2D eigenvalue weighted by Crippen LogP contribution is 2.27. The molecule has 5 rings (SSSR count). The van der Waals surface area contributed by atoms with Gasteiger partial charge < -0.3 is 47.1 Å². The van der Waals surface area contributed by atoms with Gasteiger partial charge in [0.05, 0.1) is 17.8 Å². The number of hydrogen-bond donors (Lipinski definition) is 7. The fourth-order valence-electron chi connectivity index (χ4n) is 6.63. The van der Waals surface area contributed by atoms with Gasteiger partial charge in [0.1, 0.15) is 36.5 Å². The third kappa shape index (κ3) is 14.2. The summed E-state index contributed by atoms with van der Waals surface area (Å²) in [5.74, 6) is -3.89. The molecule has 5 atom stereocenters. The molecule has 2 fully saturated rings. The van der Waals surface area contributed by atoms with Crippen LogP contribution in [0.15, 0.2) is 78.8 Å². The molecule has 6 amide bonds. The molecule has 3 heterocycles. The lowest BCUT2D eigenvalue weighted by Gasteiger charge is -2.29. The summed E-state index contributed by atoms with van der Waals surface area (Å²) in [7, 11) is 2.91. The number of carbonyl (C=O) groups excluding carboxylic acids is 7. The molecule has 0 radical (unpaired) electrons. The molecule has 336 valence electrons. The Kier molecular flexibility index (Phi) is 17.8. The molecule has 2 saturated heterocycles. The molecule has 2 bridgehead atoms. The predicted molar refractivity (Wildman–Crippen MR) is 241 cm³/mol. The largest absolute Gasteiger partial charge is 0.460 e. The van der Waals surface area contributed by atoms with Gasteiger partial charge in [-0.3, -0.25) is 29.0 Å². The molecule has 19 heteroatoms. The Hall–Kier alpha value is -6.08. The number of nitrogens with two attached hydrogens (primary N) is 1. The zero-order valence-corrected chi connectivity index (χ0v) is 37.2. The van der Waals surface area contributed by atoms with Crippen molar-refractivity contribution >= 4 is 74.6 Å². The standard InChI is InChI=1S/C44H54N8O9S2/c1-5-33-40(55)52-37(25(2)3)43(58)61-31-10-8-9-17-62-63-24-35(41(56)48-33)50-42(57)38(51-36(53)19-31)26(4)30-18-28(20-46-22-30)23-60-44(59)47-21-27-13-15-29(16-14-27)39(54)49-34-12-7-6-11-32(34)45/h5-7,11-16,18,20,22,25-26,31,35,37-38H,8-10,17,19,21,23-24,45H2,1-4H3,(H,47,59)(H,48,56)(H,49,54)(H,50,57)(H,51,53)(H,52,55). The average Bonchev–Trinajstić information content (AvgIpc) is 3.27. The highest BCUT2D eigenvalue weighted by Gasteiger charge is 2.35. The second-order valence-electron chi connectivity index (χ2n) is 15.4. The van der Waals surface area contributed by atoms with Gasteiger partial charge in [0.2, 0.25) is 17.7 Å². The second kappa shape index (κ2) is 23.4. The number of rotatable bonds is 9. The lowest BCUT2D eigenvalue weighted by molar-refractivity contribution is -0.156. The van der Waals surface area contributed by atoms with Gasteiger partial charge in [0.15, 0.2) is 0 Å². The molecule has 1 aromatic heterocycles. The van der Waals surface area contributed by atoms with Crippen LogP contribution in [0.5, 0.6) is 0 Å². The fourth-order valence-corrected chi connectivity index (χ4v) is 8.94. The maximum absolute atomic E-state index is 14.2. The fraction of sp³-hybridized carbons (Fsp3) is 0.409. The van der Waals surface area contributed by atoms with Gasteiger partial charge in [-0.25, -0.2) is 9.59 Å². The van der Waals surface area contributed by atoms with Gasteiger partial charge >= 0.3 is 12.1 Å². The molecule has 2 aromatic carbocycles. The summed E-state index contributed by atoms with van der Waals surface area (Å²) < 4.78 is 11.3. The monoisotopic (exact) mass is 902 g/mol. The van der Waals surface area contributed by atoms with Crippen molar-refractivity contribution in [3.8, 4) is 0 Å². The van der Waals surface area contributed by atoms with Crippen molar-refractivity contribution in [1.29, 1.82) is 0 Å². The maximum Gasteiger partial charge on any atom is 0.407 e. The Labute approximate surface area is 374 Å². The molecule has 0 aliphatic carbocycles. The van der Waals surface area contributed by atoms with Crippen LogP contribution in [-0.2, 0) is 46.6 Å². The van der Waals surface area contributed by atoms with E-state index in [4.69, 9.17) is 15.2 Å². The van der Waals surface area contributed by atoms with Crippen LogP contribution >= 0.6 is 21.6 Å². The van der Waals surface area contributed by atoms with E-state index in [0.717, 1.165) is 12.0 Å². The number of esters is 1. The number of alkyl carbamates (subject to hydrolysis) is 1. The first-order valence-electron chi connectivity index (χ1n) is 20.6. The van der Waals surface area contributed by atoms with E-state index < -0.39 is 65.8 Å². The first-order chi connectivity index (χ1) is 30.2. The summed E-state index contributed by atoms with van der Waals surface area (Å²) in [6.45, 7) is 6.72. The normalized spacial score (nSPS) is 21.7. The minimum atomic E-state index is -1.23. The first kappa shape index (κ1) is 48.0. The Morgan fingerprint density at radius 1 is 0.937 bits per heavy atom. The van der Waals surface area contributed by atoms with Crippen LogP contribution in [0, 0.1) is 5.92 Å². The minimum absolute atomic E-state index is 0.105. The van der Waals surface area contributed by atoms with E-state index >= 15 is 0 Å². The molecule has 17 nitrogen and oxygen atoms in total. The number of allylic oxidation sites excluding steroid dienone is 1. The molecule has 5 unspecified atom stereocenters. The molecular formula is C44H54N8O9S2. The zero-order chi connectivity index (χ0) is 45.5. The first-order valence-corrected chi connectivity index (χ1v) is 23.1. The summed E-state index contributed by atoms with van der Waals surface area (Å²) in [5, 5.41) is 16.4. The van der Waals surface area contributed by atoms with Crippen molar-refractivity contribution in [2.24, 2.45) is 5.92 Å². The molecule has 8 N–H and O–H groups in total. The van der Waals surface area contributed by atoms with Crippen molar-refractivity contribution in [2.75, 3.05) is 22.6 Å². The summed E-state index contributed by atoms with van der Waals surface area (Å²) in [4.78, 5) is 98.4. The number of anilines is 2. The number of pyridine rings is 1. The third-order valence-electron chi connectivity index (χ3n) is 10.3. The van der Waals surface area contributed by atoms with E-state index in [0.29, 0.717) is 46.7 Å². The number of hydrogen-bond acceptors (Lipinski definition) is 13. The van der Waals surface area contributed by atoms with E-state index in [1.54, 1.807) is 82.3 Å². The van der Waals surface area contributed by atoms with Crippen molar-refractivity contribution in [3.63, 3.8) is 0 Å². The number of aromatic nitrogens is 1. The van der Waals surface area contributed by atoms with Crippen LogP contribution in [0.4, 0.5) is 16.2 Å². The van der Waals surface area contributed by atoms with Gasteiger partial charge in [-0.05, 0) is 73.6 Å². The number of amides is 6. The van der Waals surface area contributed by atoms with Crippen LogP contribution in [0.2, 0.25) is 0 Å². The molecule has 2 aliphatic rings. The van der Waals surface area contributed by atoms with Gasteiger partial charge in [0.25, 0.3) is 11.8 Å². The van der Waals surface area contributed by atoms with Crippen LogP contribution in [-0.4, -0.2) is 82.3 Å².